The number of nitrogens with zero attached hydrogens (tertiary/aromatic N) is 3. The Morgan fingerprint density at radius 2 is 2.03 bits per heavy atom. The highest BCUT2D eigenvalue weighted by molar-refractivity contribution is 6.02. The molecule has 3 N–H and O–H groups in total. The number of H-pyrrole nitrogens is 1. The van der Waals surface area contributed by atoms with Crippen molar-refractivity contribution in [3.63, 3.8) is 0 Å². The predicted octanol–water partition coefficient (Wildman–Crippen LogP) is 3.35. The van der Waals surface area contributed by atoms with E-state index in [1.807, 2.05) is 12.1 Å². The second-order valence-electron chi connectivity index (χ2n) is 10.4. The van der Waals surface area contributed by atoms with Gasteiger partial charge in [-0.05, 0) is 63.9 Å². The molecule has 0 unspecified atom stereocenters. The molecule has 0 bridgehead atoms. The van der Waals surface area contributed by atoms with E-state index in [1.54, 1.807) is 11.7 Å². The first-order chi connectivity index (χ1) is 16.5. The van der Waals surface area contributed by atoms with Crippen LogP contribution in [-0.2, 0) is 16.5 Å². The number of hydrogen-bond donors (Lipinski definition) is 3. The lowest BCUT2D eigenvalue weighted by Crippen LogP contribution is -2.40. The number of alkyl carbamates (subject to hydrolysis) is 1. The van der Waals surface area contributed by atoms with Crippen LogP contribution in [0.3, 0.4) is 0 Å². The quantitative estimate of drug-likeness (QED) is 0.597. The summed E-state index contributed by atoms with van der Waals surface area (Å²) in [5, 5.41) is 17.6. The summed E-state index contributed by atoms with van der Waals surface area (Å²) in [7, 11) is 1.79. The highest BCUT2D eigenvalue weighted by atomic mass is 16.6. The van der Waals surface area contributed by atoms with E-state index in [0.717, 1.165) is 62.8 Å². The van der Waals surface area contributed by atoms with Gasteiger partial charge in [-0.25, -0.2) is 4.79 Å². The minimum atomic E-state index is -0.352. The van der Waals surface area contributed by atoms with Crippen LogP contribution in [-0.4, -0.2) is 56.3 Å². The fourth-order valence-corrected chi connectivity index (χ4v) is 5.61. The summed E-state index contributed by atoms with van der Waals surface area (Å²) in [4.78, 5) is 25.1. The van der Waals surface area contributed by atoms with Gasteiger partial charge in [-0.1, -0.05) is 0 Å². The molecule has 10 heteroatoms. The van der Waals surface area contributed by atoms with Crippen molar-refractivity contribution in [3.8, 4) is 0 Å². The van der Waals surface area contributed by atoms with Gasteiger partial charge in [0, 0.05) is 30.6 Å². The van der Waals surface area contributed by atoms with Crippen molar-refractivity contribution in [1.29, 1.82) is 0 Å². The molecular formula is C24H32N6O4. The average Bonchev–Trinajstić information content (AvgIpc) is 3.16. The van der Waals surface area contributed by atoms with Gasteiger partial charge in [0.25, 0.3) is 5.91 Å². The lowest BCUT2D eigenvalue weighted by molar-refractivity contribution is -0.0563. The van der Waals surface area contributed by atoms with Crippen molar-refractivity contribution in [2.45, 2.75) is 87.4 Å². The summed E-state index contributed by atoms with van der Waals surface area (Å²) in [6, 6.07) is 3.79. The maximum atomic E-state index is 12.7. The van der Waals surface area contributed by atoms with E-state index in [0.29, 0.717) is 24.0 Å². The van der Waals surface area contributed by atoms with Gasteiger partial charge < -0.3 is 20.1 Å². The number of carbonyl (C=O) groups excluding carboxylic acids is 2. The van der Waals surface area contributed by atoms with Crippen LogP contribution in [0.25, 0.3) is 0 Å². The standard InChI is InChI=1S/C24H32N6O4/c1-30-20(10-19(29-30)14-3-4-14)22(31)26-21-11-18(27-28-21)15-5-6-17(9-15)34-23(32)25-16-12-24(33-13-16)7-2-8-24/h10-11,14-17H,2-9,12-13H2,1H3,(H,25,32)(H2,26,27,28,31)/t15-,16+,17+/m0/s1. The molecule has 2 aromatic rings. The van der Waals surface area contributed by atoms with Crippen molar-refractivity contribution in [1.82, 2.24) is 25.3 Å². The first-order valence-corrected chi connectivity index (χ1v) is 12.5. The van der Waals surface area contributed by atoms with Gasteiger partial charge in [0.15, 0.2) is 5.82 Å². The molecule has 10 nitrogen and oxygen atoms in total. The molecule has 1 spiro atoms. The largest absolute Gasteiger partial charge is 0.446 e. The molecule has 34 heavy (non-hydrogen) atoms. The Morgan fingerprint density at radius 3 is 2.76 bits per heavy atom. The van der Waals surface area contributed by atoms with Gasteiger partial charge in [0.05, 0.1) is 23.9 Å². The molecule has 2 aromatic heterocycles. The Balaban J connectivity index is 0.989. The number of anilines is 1. The summed E-state index contributed by atoms with van der Waals surface area (Å²) >= 11 is 0. The predicted molar refractivity (Wildman–Crippen MR) is 123 cm³/mol. The molecule has 6 rings (SSSR count). The third-order valence-electron chi connectivity index (χ3n) is 7.86. The van der Waals surface area contributed by atoms with E-state index in [1.165, 1.54) is 6.42 Å². The number of ether oxygens (including phenoxy) is 2. The number of amides is 2. The second kappa shape index (κ2) is 8.41. The molecule has 3 saturated carbocycles. The van der Waals surface area contributed by atoms with E-state index in [2.05, 4.69) is 25.9 Å². The molecular weight excluding hydrogens is 436 g/mol. The molecule has 3 heterocycles. The van der Waals surface area contributed by atoms with Gasteiger partial charge in [-0.3, -0.25) is 14.6 Å². The zero-order valence-electron chi connectivity index (χ0n) is 19.5. The van der Waals surface area contributed by atoms with Crippen LogP contribution in [0.4, 0.5) is 10.6 Å². The lowest BCUT2D eigenvalue weighted by Gasteiger charge is -2.37. The van der Waals surface area contributed by atoms with Gasteiger partial charge in [0.1, 0.15) is 11.8 Å². The number of carbonyl (C=O) groups is 2. The topological polar surface area (TPSA) is 123 Å². The molecule has 1 aliphatic heterocycles. The van der Waals surface area contributed by atoms with E-state index >= 15 is 0 Å². The first kappa shape index (κ1) is 21.6. The first-order valence-electron chi connectivity index (χ1n) is 12.5. The second-order valence-corrected chi connectivity index (χ2v) is 10.4. The zero-order chi connectivity index (χ0) is 23.3. The maximum absolute atomic E-state index is 12.7. The molecule has 1 saturated heterocycles. The Kier molecular flexibility index (Phi) is 5.35. The molecule has 2 amide bonds. The van der Waals surface area contributed by atoms with Gasteiger partial charge in [-0.2, -0.15) is 10.2 Å². The minimum absolute atomic E-state index is 0.0143. The highest BCUT2D eigenvalue weighted by Crippen LogP contribution is 2.43. The molecule has 4 fully saturated rings. The number of nitrogens with one attached hydrogen (secondary N) is 3. The Bertz CT molecular complexity index is 1090. The van der Waals surface area contributed by atoms with Crippen molar-refractivity contribution >= 4 is 17.8 Å². The maximum Gasteiger partial charge on any atom is 0.407 e. The van der Waals surface area contributed by atoms with Crippen molar-refractivity contribution in [2.75, 3.05) is 11.9 Å². The van der Waals surface area contributed by atoms with E-state index < -0.39 is 0 Å². The van der Waals surface area contributed by atoms with E-state index in [-0.39, 0.29) is 35.7 Å². The van der Waals surface area contributed by atoms with Crippen molar-refractivity contribution in [2.24, 2.45) is 7.05 Å². The Morgan fingerprint density at radius 1 is 1.21 bits per heavy atom. The van der Waals surface area contributed by atoms with Crippen molar-refractivity contribution < 1.29 is 19.1 Å². The van der Waals surface area contributed by atoms with Gasteiger partial charge in [-0.15, -0.1) is 0 Å². The summed E-state index contributed by atoms with van der Waals surface area (Å²) in [6.45, 7) is 0.575. The van der Waals surface area contributed by atoms with Crippen LogP contribution in [0.15, 0.2) is 12.1 Å². The normalized spacial score (nSPS) is 27.5. The molecule has 3 atom stereocenters. The summed E-state index contributed by atoms with van der Waals surface area (Å²) in [5.74, 6) is 0.976. The lowest BCUT2D eigenvalue weighted by atomic mass is 9.77. The molecule has 4 aliphatic rings. The van der Waals surface area contributed by atoms with Crippen LogP contribution >= 0.6 is 0 Å². The van der Waals surface area contributed by atoms with Crippen molar-refractivity contribution in [3.05, 3.63) is 29.2 Å². The fourth-order valence-electron chi connectivity index (χ4n) is 5.61. The third-order valence-corrected chi connectivity index (χ3v) is 7.86. The monoisotopic (exact) mass is 468 g/mol. The average molecular weight is 469 g/mol. The van der Waals surface area contributed by atoms with E-state index in [9.17, 15) is 9.59 Å². The van der Waals surface area contributed by atoms with Crippen LogP contribution < -0.4 is 10.6 Å². The molecule has 0 radical (unpaired) electrons. The third kappa shape index (κ3) is 4.31. The number of hydrogen-bond acceptors (Lipinski definition) is 6. The minimum Gasteiger partial charge on any atom is -0.446 e. The fraction of sp³-hybridized carbons (Fsp3) is 0.667. The number of aromatic nitrogens is 4. The van der Waals surface area contributed by atoms with Crippen LogP contribution in [0, 0.1) is 0 Å². The molecule has 3 aliphatic carbocycles. The summed E-state index contributed by atoms with van der Waals surface area (Å²) in [6.07, 6.45) is 8.55. The van der Waals surface area contributed by atoms with Gasteiger partial charge in [0.2, 0.25) is 0 Å². The van der Waals surface area contributed by atoms with Crippen LogP contribution in [0.2, 0.25) is 0 Å². The molecule has 0 aromatic carbocycles. The smallest absolute Gasteiger partial charge is 0.407 e. The van der Waals surface area contributed by atoms with E-state index in [4.69, 9.17) is 9.47 Å². The van der Waals surface area contributed by atoms with Gasteiger partial charge >= 0.3 is 6.09 Å². The Labute approximate surface area is 198 Å². The SMILES string of the molecule is Cn1nc(C2CC2)cc1C(=O)Nc1cc([C@H]2CC[C@@H](OC(=O)N[C@H]3COC4(CCC4)C3)C2)[nH]n1. The van der Waals surface area contributed by atoms with Crippen LogP contribution in [0.5, 0.6) is 0 Å². The number of rotatable bonds is 6. The zero-order valence-corrected chi connectivity index (χ0v) is 19.5. The molecule has 182 valence electrons. The summed E-state index contributed by atoms with van der Waals surface area (Å²) < 4.78 is 13.2. The Hall–Kier alpha value is -2.88. The highest BCUT2D eigenvalue weighted by Gasteiger charge is 2.45. The summed E-state index contributed by atoms with van der Waals surface area (Å²) in [5.41, 5.74) is 2.48. The number of aromatic amines is 1. The van der Waals surface area contributed by atoms with Crippen LogP contribution in [0.1, 0.15) is 91.5 Å². The number of aryl methyl sites for hydroxylation is 1.